The molecule has 7 heteroatoms. The van der Waals surface area contributed by atoms with Gasteiger partial charge in [-0.2, -0.15) is 0 Å². The molecular formula is C12H20N4OS2. The lowest BCUT2D eigenvalue weighted by Crippen LogP contribution is -2.36. The zero-order chi connectivity index (χ0) is 13.5. The van der Waals surface area contributed by atoms with Crippen LogP contribution in [0.1, 0.15) is 32.6 Å². The standard InChI is InChI=1S/C12H20N4OS2/c1-2-6-13-11-14-15-12(19-11)18-9-10(17)16-7-4-3-5-8-16/h2-9H2,1H3,(H,13,14). The van der Waals surface area contributed by atoms with Gasteiger partial charge in [-0.1, -0.05) is 30.0 Å². The van der Waals surface area contributed by atoms with E-state index < -0.39 is 0 Å². The summed E-state index contributed by atoms with van der Waals surface area (Å²) in [4.78, 5) is 14.0. The predicted molar refractivity (Wildman–Crippen MR) is 79.8 cm³/mol. The zero-order valence-electron chi connectivity index (χ0n) is 11.2. The number of thioether (sulfide) groups is 1. The number of carbonyl (C=O) groups excluding carboxylic acids is 1. The summed E-state index contributed by atoms with van der Waals surface area (Å²) in [6.45, 7) is 4.85. The van der Waals surface area contributed by atoms with Crippen molar-refractivity contribution in [2.75, 3.05) is 30.7 Å². The number of rotatable bonds is 6. The number of nitrogens with one attached hydrogen (secondary N) is 1. The molecule has 5 nitrogen and oxygen atoms in total. The van der Waals surface area contributed by atoms with E-state index in [0.29, 0.717) is 5.75 Å². The van der Waals surface area contributed by atoms with Gasteiger partial charge >= 0.3 is 0 Å². The minimum absolute atomic E-state index is 0.225. The number of amides is 1. The zero-order valence-corrected chi connectivity index (χ0v) is 12.9. The van der Waals surface area contributed by atoms with Gasteiger partial charge in [0, 0.05) is 19.6 Å². The normalized spacial score (nSPS) is 15.5. The Morgan fingerprint density at radius 1 is 1.37 bits per heavy atom. The molecule has 0 radical (unpaired) electrons. The van der Waals surface area contributed by atoms with Crippen molar-refractivity contribution in [3.8, 4) is 0 Å². The van der Waals surface area contributed by atoms with E-state index in [-0.39, 0.29) is 5.91 Å². The van der Waals surface area contributed by atoms with E-state index in [1.165, 1.54) is 29.5 Å². The van der Waals surface area contributed by atoms with Crippen LogP contribution in [0.2, 0.25) is 0 Å². The van der Waals surface area contributed by atoms with Crippen molar-refractivity contribution >= 4 is 34.1 Å². The van der Waals surface area contributed by atoms with Crippen molar-refractivity contribution in [1.29, 1.82) is 0 Å². The second-order valence-electron chi connectivity index (χ2n) is 4.53. The summed E-state index contributed by atoms with van der Waals surface area (Å²) < 4.78 is 0.865. The fourth-order valence-electron chi connectivity index (χ4n) is 1.93. The van der Waals surface area contributed by atoms with Gasteiger partial charge in [0.25, 0.3) is 0 Å². The molecule has 19 heavy (non-hydrogen) atoms. The third-order valence-electron chi connectivity index (χ3n) is 2.96. The average Bonchev–Trinajstić information content (AvgIpc) is 2.91. The molecule has 1 saturated heterocycles. The highest BCUT2D eigenvalue weighted by atomic mass is 32.2. The number of anilines is 1. The maximum absolute atomic E-state index is 12.0. The minimum atomic E-state index is 0.225. The molecule has 0 aromatic carbocycles. The molecule has 0 atom stereocenters. The summed E-state index contributed by atoms with van der Waals surface area (Å²) in [5.74, 6) is 0.700. The van der Waals surface area contributed by atoms with Crippen molar-refractivity contribution in [3.63, 3.8) is 0 Å². The summed E-state index contributed by atoms with van der Waals surface area (Å²) in [5.41, 5.74) is 0. The van der Waals surface area contributed by atoms with E-state index in [2.05, 4.69) is 22.4 Å². The van der Waals surface area contributed by atoms with E-state index >= 15 is 0 Å². The van der Waals surface area contributed by atoms with Gasteiger partial charge < -0.3 is 10.2 Å². The average molecular weight is 300 g/mol. The largest absolute Gasteiger partial charge is 0.360 e. The van der Waals surface area contributed by atoms with E-state index in [0.717, 1.165) is 48.4 Å². The van der Waals surface area contributed by atoms with Gasteiger partial charge in [0.15, 0.2) is 4.34 Å². The molecular weight excluding hydrogens is 280 g/mol. The van der Waals surface area contributed by atoms with E-state index in [1.807, 2.05) is 4.90 Å². The first-order valence-corrected chi connectivity index (χ1v) is 8.57. The molecule has 1 fully saturated rings. The van der Waals surface area contributed by atoms with Gasteiger partial charge in [-0.3, -0.25) is 4.79 Å². The van der Waals surface area contributed by atoms with Crippen molar-refractivity contribution in [1.82, 2.24) is 15.1 Å². The first kappa shape index (κ1) is 14.6. The van der Waals surface area contributed by atoms with Gasteiger partial charge in [0.2, 0.25) is 11.0 Å². The monoisotopic (exact) mass is 300 g/mol. The molecule has 106 valence electrons. The van der Waals surface area contributed by atoms with Gasteiger partial charge in [-0.15, -0.1) is 10.2 Å². The molecule has 1 aliphatic heterocycles. The Morgan fingerprint density at radius 2 is 2.16 bits per heavy atom. The van der Waals surface area contributed by atoms with Crippen LogP contribution >= 0.6 is 23.1 Å². The summed E-state index contributed by atoms with van der Waals surface area (Å²) in [5, 5.41) is 12.2. The van der Waals surface area contributed by atoms with Crippen molar-refractivity contribution in [2.24, 2.45) is 0 Å². The lowest BCUT2D eigenvalue weighted by atomic mass is 10.1. The quantitative estimate of drug-likeness (QED) is 0.818. The Labute approximate surface area is 122 Å². The minimum Gasteiger partial charge on any atom is -0.360 e. The number of aromatic nitrogens is 2. The molecule has 0 bridgehead atoms. The SMILES string of the molecule is CCCNc1nnc(SCC(=O)N2CCCCC2)s1. The van der Waals surface area contributed by atoms with Crippen LogP contribution in [0.15, 0.2) is 4.34 Å². The summed E-state index contributed by atoms with van der Waals surface area (Å²) in [6, 6.07) is 0. The third kappa shape index (κ3) is 4.65. The molecule has 0 saturated carbocycles. The fraction of sp³-hybridized carbons (Fsp3) is 0.750. The summed E-state index contributed by atoms with van der Waals surface area (Å²) in [7, 11) is 0. The number of hydrogen-bond donors (Lipinski definition) is 1. The smallest absolute Gasteiger partial charge is 0.233 e. The highest BCUT2D eigenvalue weighted by Crippen LogP contribution is 2.25. The molecule has 0 aliphatic carbocycles. The van der Waals surface area contributed by atoms with Gasteiger partial charge in [-0.25, -0.2) is 0 Å². The number of likely N-dealkylation sites (tertiary alicyclic amines) is 1. The molecule has 2 rings (SSSR count). The number of nitrogens with zero attached hydrogens (tertiary/aromatic N) is 3. The second-order valence-corrected chi connectivity index (χ2v) is 6.73. The maximum Gasteiger partial charge on any atom is 0.233 e. The maximum atomic E-state index is 12.0. The van der Waals surface area contributed by atoms with Crippen LogP contribution in [0.3, 0.4) is 0 Å². The van der Waals surface area contributed by atoms with E-state index in [4.69, 9.17) is 0 Å². The third-order valence-corrected chi connectivity index (χ3v) is 4.96. The first-order chi connectivity index (χ1) is 9.29. The highest BCUT2D eigenvalue weighted by molar-refractivity contribution is 8.01. The Kier molecular flexibility index (Phi) is 5.91. The Balaban J connectivity index is 1.74. The molecule has 0 unspecified atom stereocenters. The summed E-state index contributed by atoms with van der Waals surface area (Å²) in [6.07, 6.45) is 4.59. The van der Waals surface area contributed by atoms with Crippen LogP contribution in [0, 0.1) is 0 Å². The van der Waals surface area contributed by atoms with Crippen LogP contribution in [0.4, 0.5) is 5.13 Å². The fourth-order valence-corrected chi connectivity index (χ4v) is 3.61. The Morgan fingerprint density at radius 3 is 2.89 bits per heavy atom. The molecule has 1 amide bonds. The topological polar surface area (TPSA) is 58.1 Å². The molecule has 1 aliphatic rings. The Bertz CT molecular complexity index is 404. The Hall–Kier alpha value is -0.820. The lowest BCUT2D eigenvalue weighted by Gasteiger charge is -2.26. The van der Waals surface area contributed by atoms with Gasteiger partial charge in [-0.05, 0) is 25.7 Å². The molecule has 0 spiro atoms. The van der Waals surface area contributed by atoms with E-state index in [9.17, 15) is 4.79 Å². The second kappa shape index (κ2) is 7.69. The number of carbonyl (C=O) groups is 1. The van der Waals surface area contributed by atoms with Crippen molar-refractivity contribution < 1.29 is 4.79 Å². The highest BCUT2D eigenvalue weighted by Gasteiger charge is 2.17. The van der Waals surface area contributed by atoms with Crippen LogP contribution < -0.4 is 5.32 Å². The van der Waals surface area contributed by atoms with Crippen molar-refractivity contribution in [2.45, 2.75) is 36.9 Å². The van der Waals surface area contributed by atoms with Crippen molar-refractivity contribution in [3.05, 3.63) is 0 Å². The number of hydrogen-bond acceptors (Lipinski definition) is 6. The number of piperidine rings is 1. The van der Waals surface area contributed by atoms with Crippen LogP contribution in [-0.2, 0) is 4.79 Å². The van der Waals surface area contributed by atoms with Gasteiger partial charge in [0.05, 0.1) is 5.75 Å². The van der Waals surface area contributed by atoms with Crippen LogP contribution in [0.25, 0.3) is 0 Å². The van der Waals surface area contributed by atoms with Crippen LogP contribution in [0.5, 0.6) is 0 Å². The predicted octanol–water partition coefficient (Wildman–Crippen LogP) is 2.46. The molecule has 1 N–H and O–H groups in total. The summed E-state index contributed by atoms with van der Waals surface area (Å²) >= 11 is 3.01. The molecule has 2 heterocycles. The lowest BCUT2D eigenvalue weighted by molar-refractivity contribution is -0.129. The molecule has 1 aromatic rings. The molecule has 1 aromatic heterocycles. The first-order valence-electron chi connectivity index (χ1n) is 6.77. The van der Waals surface area contributed by atoms with Gasteiger partial charge in [0.1, 0.15) is 0 Å². The van der Waals surface area contributed by atoms with Crippen LogP contribution in [-0.4, -0.2) is 46.4 Å². The van der Waals surface area contributed by atoms with E-state index in [1.54, 1.807) is 0 Å².